The fraction of sp³-hybridized carbons (Fsp3) is 0.571. The summed E-state index contributed by atoms with van der Waals surface area (Å²) in [6, 6.07) is 8.60. The third kappa shape index (κ3) is 5.48. The van der Waals surface area contributed by atoms with Crippen LogP contribution in [0.3, 0.4) is 0 Å². The van der Waals surface area contributed by atoms with E-state index in [0.29, 0.717) is 19.1 Å². The number of aliphatic hydroxyl groups is 1. The average Bonchev–Trinajstić information content (AvgIpc) is 2.29. The Bertz CT molecular complexity index is 357. The number of likely N-dealkylation sites (N-methyl/N-ethyl adjacent to an activating group) is 1. The number of rotatable bonds is 7. The second-order valence-corrected chi connectivity index (χ2v) is 5.76. The van der Waals surface area contributed by atoms with E-state index in [1.54, 1.807) is 0 Å². The number of hydrogen-bond donors (Lipinski definition) is 2. The summed E-state index contributed by atoms with van der Waals surface area (Å²) in [6.07, 6.45) is 0.673. The fourth-order valence-corrected chi connectivity index (χ4v) is 2.40. The first kappa shape index (κ1) is 15.6. The largest absolute Gasteiger partial charge is 0.390 e. The molecule has 4 heteroatoms. The molecule has 0 saturated heterocycles. The molecule has 1 aromatic rings. The van der Waals surface area contributed by atoms with Crippen LogP contribution in [-0.4, -0.2) is 43.3 Å². The van der Waals surface area contributed by atoms with Crippen LogP contribution in [0.2, 0.25) is 0 Å². The molecule has 2 N–H and O–H groups in total. The van der Waals surface area contributed by atoms with Gasteiger partial charge in [0.1, 0.15) is 0 Å². The highest BCUT2D eigenvalue weighted by atomic mass is 79.9. The highest BCUT2D eigenvalue weighted by molar-refractivity contribution is 9.10. The maximum atomic E-state index is 9.85. The number of benzene rings is 1. The van der Waals surface area contributed by atoms with Crippen molar-refractivity contribution >= 4 is 15.9 Å². The van der Waals surface area contributed by atoms with Crippen LogP contribution in [0, 0.1) is 0 Å². The fourth-order valence-electron chi connectivity index (χ4n) is 1.99. The summed E-state index contributed by atoms with van der Waals surface area (Å²) in [5.41, 5.74) is 1.25. The van der Waals surface area contributed by atoms with E-state index >= 15 is 0 Å². The molecule has 2 unspecified atom stereocenters. The Morgan fingerprint density at radius 1 is 1.39 bits per heavy atom. The zero-order valence-electron chi connectivity index (χ0n) is 11.4. The SMILES string of the molecule is CCC(NCC(O)CN(C)C)c1cccc(Br)c1. The lowest BCUT2D eigenvalue weighted by atomic mass is 10.0. The maximum absolute atomic E-state index is 9.85. The van der Waals surface area contributed by atoms with E-state index in [4.69, 9.17) is 0 Å². The van der Waals surface area contributed by atoms with E-state index < -0.39 is 0 Å². The second kappa shape index (κ2) is 7.89. The summed E-state index contributed by atoms with van der Waals surface area (Å²) in [6.45, 7) is 3.45. The van der Waals surface area contributed by atoms with Crippen molar-refractivity contribution < 1.29 is 5.11 Å². The van der Waals surface area contributed by atoms with Crippen LogP contribution in [0.5, 0.6) is 0 Å². The van der Waals surface area contributed by atoms with Gasteiger partial charge in [-0.05, 0) is 38.2 Å². The second-order valence-electron chi connectivity index (χ2n) is 4.84. The Kier molecular flexibility index (Phi) is 6.86. The van der Waals surface area contributed by atoms with Crippen LogP contribution in [-0.2, 0) is 0 Å². The van der Waals surface area contributed by atoms with Crippen molar-refractivity contribution in [2.45, 2.75) is 25.5 Å². The van der Waals surface area contributed by atoms with E-state index in [2.05, 4.69) is 40.3 Å². The van der Waals surface area contributed by atoms with Crippen LogP contribution in [0.1, 0.15) is 24.9 Å². The number of nitrogens with one attached hydrogen (secondary N) is 1. The minimum Gasteiger partial charge on any atom is -0.390 e. The average molecular weight is 315 g/mol. The van der Waals surface area contributed by atoms with Gasteiger partial charge in [-0.1, -0.05) is 35.0 Å². The number of nitrogens with zero attached hydrogens (tertiary/aromatic N) is 1. The van der Waals surface area contributed by atoms with E-state index in [0.717, 1.165) is 10.9 Å². The third-order valence-corrected chi connectivity index (χ3v) is 3.33. The monoisotopic (exact) mass is 314 g/mol. The number of halogens is 1. The predicted molar refractivity (Wildman–Crippen MR) is 79.7 cm³/mol. The quantitative estimate of drug-likeness (QED) is 0.811. The number of aliphatic hydroxyl groups excluding tert-OH is 1. The molecule has 0 amide bonds. The molecule has 0 saturated carbocycles. The van der Waals surface area contributed by atoms with Crippen molar-refractivity contribution in [2.24, 2.45) is 0 Å². The highest BCUT2D eigenvalue weighted by Gasteiger charge is 2.12. The Morgan fingerprint density at radius 3 is 2.67 bits per heavy atom. The van der Waals surface area contributed by atoms with E-state index in [9.17, 15) is 5.11 Å². The Labute approximate surface area is 118 Å². The normalized spacial score (nSPS) is 14.8. The molecule has 3 nitrogen and oxygen atoms in total. The van der Waals surface area contributed by atoms with Crippen LogP contribution < -0.4 is 5.32 Å². The molecule has 102 valence electrons. The maximum Gasteiger partial charge on any atom is 0.0791 e. The minimum atomic E-state index is -0.332. The lowest BCUT2D eigenvalue weighted by Gasteiger charge is -2.21. The molecule has 18 heavy (non-hydrogen) atoms. The molecule has 0 bridgehead atoms. The first-order valence-corrected chi connectivity index (χ1v) is 7.13. The molecular weight excluding hydrogens is 292 g/mol. The Morgan fingerprint density at radius 2 is 2.11 bits per heavy atom. The summed E-state index contributed by atoms with van der Waals surface area (Å²) >= 11 is 3.49. The van der Waals surface area contributed by atoms with E-state index in [1.807, 2.05) is 31.1 Å². The predicted octanol–water partition coefficient (Wildman–Crippen LogP) is 2.41. The van der Waals surface area contributed by atoms with Crippen LogP contribution in [0.15, 0.2) is 28.7 Å². The summed E-state index contributed by atoms with van der Waals surface area (Å²) in [7, 11) is 3.93. The van der Waals surface area contributed by atoms with Gasteiger partial charge in [0, 0.05) is 23.6 Å². The Hall–Kier alpha value is -0.420. The molecule has 2 atom stereocenters. The first-order chi connectivity index (χ1) is 8.52. The van der Waals surface area contributed by atoms with Gasteiger partial charge in [-0.25, -0.2) is 0 Å². The highest BCUT2D eigenvalue weighted by Crippen LogP contribution is 2.20. The summed E-state index contributed by atoms with van der Waals surface area (Å²) in [5.74, 6) is 0. The first-order valence-electron chi connectivity index (χ1n) is 6.34. The number of hydrogen-bond acceptors (Lipinski definition) is 3. The van der Waals surface area contributed by atoms with Crippen molar-refractivity contribution in [3.63, 3.8) is 0 Å². The molecule has 0 radical (unpaired) electrons. The van der Waals surface area contributed by atoms with Crippen molar-refractivity contribution in [2.75, 3.05) is 27.2 Å². The van der Waals surface area contributed by atoms with Crippen LogP contribution in [0.4, 0.5) is 0 Å². The van der Waals surface area contributed by atoms with Crippen LogP contribution in [0.25, 0.3) is 0 Å². The molecule has 0 aromatic heterocycles. The summed E-state index contributed by atoms with van der Waals surface area (Å²) < 4.78 is 1.09. The van der Waals surface area contributed by atoms with Gasteiger partial charge < -0.3 is 15.3 Å². The molecule has 1 rings (SSSR count). The van der Waals surface area contributed by atoms with E-state index in [1.165, 1.54) is 5.56 Å². The van der Waals surface area contributed by atoms with Crippen molar-refractivity contribution in [3.05, 3.63) is 34.3 Å². The topological polar surface area (TPSA) is 35.5 Å². The van der Waals surface area contributed by atoms with Gasteiger partial charge in [-0.15, -0.1) is 0 Å². The van der Waals surface area contributed by atoms with Crippen LogP contribution >= 0.6 is 15.9 Å². The van der Waals surface area contributed by atoms with Gasteiger partial charge in [-0.3, -0.25) is 0 Å². The lowest BCUT2D eigenvalue weighted by molar-refractivity contribution is 0.131. The molecule has 0 spiro atoms. The minimum absolute atomic E-state index is 0.291. The van der Waals surface area contributed by atoms with Crippen molar-refractivity contribution in [1.29, 1.82) is 0 Å². The van der Waals surface area contributed by atoms with Gasteiger partial charge in [0.15, 0.2) is 0 Å². The van der Waals surface area contributed by atoms with Gasteiger partial charge >= 0.3 is 0 Å². The molecule has 1 aromatic carbocycles. The van der Waals surface area contributed by atoms with Crippen molar-refractivity contribution in [1.82, 2.24) is 10.2 Å². The van der Waals surface area contributed by atoms with Gasteiger partial charge in [0.25, 0.3) is 0 Å². The molecule has 0 aliphatic rings. The van der Waals surface area contributed by atoms with Gasteiger partial charge in [0.2, 0.25) is 0 Å². The summed E-state index contributed by atoms with van der Waals surface area (Å²) in [5, 5.41) is 13.3. The van der Waals surface area contributed by atoms with Gasteiger partial charge in [0.05, 0.1) is 6.10 Å². The third-order valence-electron chi connectivity index (χ3n) is 2.84. The van der Waals surface area contributed by atoms with Gasteiger partial charge in [-0.2, -0.15) is 0 Å². The molecule has 0 fully saturated rings. The zero-order valence-corrected chi connectivity index (χ0v) is 12.9. The smallest absolute Gasteiger partial charge is 0.0791 e. The standard InChI is InChI=1S/C14H23BrN2O/c1-4-14(11-6-5-7-12(15)8-11)16-9-13(18)10-17(2)3/h5-8,13-14,16,18H,4,9-10H2,1-3H3. The van der Waals surface area contributed by atoms with Crippen molar-refractivity contribution in [3.8, 4) is 0 Å². The molecule has 0 aliphatic heterocycles. The molecular formula is C14H23BrN2O. The summed E-state index contributed by atoms with van der Waals surface area (Å²) in [4.78, 5) is 1.99. The lowest BCUT2D eigenvalue weighted by Crippen LogP contribution is -2.36. The van der Waals surface area contributed by atoms with E-state index in [-0.39, 0.29) is 6.10 Å². The molecule has 0 heterocycles. The Balaban J connectivity index is 2.52. The molecule has 0 aliphatic carbocycles. The zero-order chi connectivity index (χ0) is 13.5.